The van der Waals surface area contributed by atoms with Gasteiger partial charge < -0.3 is 19.1 Å². The highest BCUT2D eigenvalue weighted by Crippen LogP contribution is 2.41. The molecule has 1 aromatic carbocycles. The summed E-state index contributed by atoms with van der Waals surface area (Å²) in [4.78, 5) is 15.5. The van der Waals surface area contributed by atoms with E-state index in [1.807, 2.05) is 25.1 Å². The van der Waals surface area contributed by atoms with E-state index in [4.69, 9.17) is 9.47 Å². The van der Waals surface area contributed by atoms with Gasteiger partial charge in [0, 0.05) is 43.6 Å². The second-order valence-corrected chi connectivity index (χ2v) is 10.1. The first-order valence-corrected chi connectivity index (χ1v) is 12.6. The zero-order valence-electron chi connectivity index (χ0n) is 20.7. The molecule has 0 aliphatic carbocycles. The lowest BCUT2D eigenvalue weighted by Crippen LogP contribution is -2.54. The number of carbonyl (C=O) groups excluding carboxylic acids is 1. The molecule has 0 saturated carbocycles. The third-order valence-electron chi connectivity index (χ3n) is 7.55. The van der Waals surface area contributed by atoms with Crippen LogP contribution in [0.15, 0.2) is 18.2 Å². The number of rotatable bonds is 5. The van der Waals surface area contributed by atoms with Gasteiger partial charge in [0.25, 0.3) is 6.10 Å². The fourth-order valence-electron chi connectivity index (χ4n) is 5.49. The van der Waals surface area contributed by atoms with Gasteiger partial charge in [-0.1, -0.05) is 12.1 Å². The quantitative estimate of drug-likeness (QED) is 0.456. The number of hydrogen-bond donors (Lipinski definition) is 0. The molecule has 0 aromatic heterocycles. The summed E-state index contributed by atoms with van der Waals surface area (Å²) in [6.07, 6.45) is -12.9. The van der Waals surface area contributed by atoms with Crippen LogP contribution >= 0.6 is 0 Å². The monoisotopic (exact) mass is 538 g/mol. The summed E-state index contributed by atoms with van der Waals surface area (Å²) in [5.74, 6) is 0.820. The highest BCUT2D eigenvalue weighted by atomic mass is 19.4. The van der Waals surface area contributed by atoms with Crippen molar-refractivity contribution in [2.24, 2.45) is 0 Å². The summed E-state index contributed by atoms with van der Waals surface area (Å²) in [5, 5.41) is 0. The van der Waals surface area contributed by atoms with E-state index >= 15 is 0 Å². The maximum atomic E-state index is 12.8. The molecule has 0 atom stereocenters. The standard InChI is InChI=1S/C25H32F6N2O4/c1-17-3-4-18(20(15-17)36-19-5-13-35-14-6-19)16-33-10-2-7-23(33)8-11-32(12-9-23)22(34)37-21(24(26,27)28)25(29,30)31/h3-4,15,19,21H,2,5-14,16H2,1H3. The Hall–Kier alpha value is -2.21. The smallest absolute Gasteiger partial charge is 0.434 e. The van der Waals surface area contributed by atoms with E-state index < -0.39 is 24.5 Å². The summed E-state index contributed by atoms with van der Waals surface area (Å²) in [7, 11) is 0. The Kier molecular flexibility index (Phi) is 8.18. The topological polar surface area (TPSA) is 51.2 Å². The fraction of sp³-hybridized carbons (Fsp3) is 0.720. The lowest BCUT2D eigenvalue weighted by molar-refractivity contribution is -0.308. The lowest BCUT2D eigenvalue weighted by Gasteiger charge is -2.45. The van der Waals surface area contributed by atoms with Gasteiger partial charge in [0.05, 0.1) is 13.2 Å². The van der Waals surface area contributed by atoms with E-state index in [9.17, 15) is 31.1 Å². The first kappa shape index (κ1) is 27.8. The van der Waals surface area contributed by atoms with Crippen LogP contribution in [0.5, 0.6) is 5.75 Å². The van der Waals surface area contributed by atoms with Crippen molar-refractivity contribution in [1.29, 1.82) is 0 Å². The largest absolute Gasteiger partial charge is 0.490 e. The predicted molar refractivity (Wildman–Crippen MR) is 121 cm³/mol. The van der Waals surface area contributed by atoms with Crippen molar-refractivity contribution in [2.45, 2.75) is 82.1 Å². The molecule has 0 bridgehead atoms. The van der Waals surface area contributed by atoms with E-state index in [2.05, 4.69) is 9.64 Å². The maximum Gasteiger partial charge on any atom is 0.434 e. The number of alkyl halides is 6. The second kappa shape index (κ2) is 10.9. The summed E-state index contributed by atoms with van der Waals surface area (Å²) in [6, 6.07) is 6.08. The van der Waals surface area contributed by atoms with Gasteiger partial charge in [-0.3, -0.25) is 4.90 Å². The maximum absolute atomic E-state index is 12.8. The third-order valence-corrected chi connectivity index (χ3v) is 7.55. The van der Waals surface area contributed by atoms with E-state index in [1.165, 1.54) is 0 Å². The van der Waals surface area contributed by atoms with Crippen molar-refractivity contribution >= 4 is 6.09 Å². The molecule has 6 nitrogen and oxygen atoms in total. The van der Waals surface area contributed by atoms with Crippen molar-refractivity contribution in [3.05, 3.63) is 29.3 Å². The molecule has 3 fully saturated rings. The molecular formula is C25H32F6N2O4. The molecule has 1 amide bonds. The minimum atomic E-state index is -5.73. The molecule has 3 aliphatic heterocycles. The number of hydrogen-bond acceptors (Lipinski definition) is 5. The molecular weight excluding hydrogens is 506 g/mol. The van der Waals surface area contributed by atoms with Gasteiger partial charge in [-0.05, 0) is 50.8 Å². The van der Waals surface area contributed by atoms with Crippen LogP contribution in [0, 0.1) is 6.92 Å². The highest BCUT2D eigenvalue weighted by molar-refractivity contribution is 5.68. The van der Waals surface area contributed by atoms with Crippen LogP contribution < -0.4 is 4.74 Å². The highest BCUT2D eigenvalue weighted by Gasteiger charge is 2.60. The lowest BCUT2D eigenvalue weighted by atomic mass is 9.85. The molecule has 0 N–H and O–H groups in total. The third kappa shape index (κ3) is 6.63. The molecule has 1 aromatic rings. The van der Waals surface area contributed by atoms with Crippen molar-refractivity contribution in [1.82, 2.24) is 9.80 Å². The number of halogens is 6. The Morgan fingerprint density at radius 2 is 1.70 bits per heavy atom. The summed E-state index contributed by atoms with van der Waals surface area (Å²) in [5.41, 5.74) is 1.81. The van der Waals surface area contributed by atoms with Gasteiger partial charge in [0.15, 0.2) is 0 Å². The number of amides is 1. The van der Waals surface area contributed by atoms with Gasteiger partial charge in [-0.2, -0.15) is 26.3 Å². The molecule has 3 aliphatic rings. The average Bonchev–Trinajstić information content (AvgIpc) is 3.20. The minimum Gasteiger partial charge on any atom is -0.490 e. The number of nitrogens with zero attached hydrogens (tertiary/aromatic N) is 2. The number of carbonyl (C=O) groups is 1. The van der Waals surface area contributed by atoms with Crippen LogP contribution in [-0.4, -0.2) is 78.8 Å². The Morgan fingerprint density at radius 1 is 1.05 bits per heavy atom. The van der Waals surface area contributed by atoms with Crippen molar-refractivity contribution in [3.8, 4) is 5.75 Å². The molecule has 1 spiro atoms. The van der Waals surface area contributed by atoms with Crippen LogP contribution in [-0.2, 0) is 16.0 Å². The first-order valence-electron chi connectivity index (χ1n) is 12.6. The predicted octanol–water partition coefficient (Wildman–Crippen LogP) is 5.61. The van der Waals surface area contributed by atoms with E-state index in [0.29, 0.717) is 32.6 Å². The zero-order chi connectivity index (χ0) is 26.8. The van der Waals surface area contributed by atoms with E-state index in [0.717, 1.165) is 54.0 Å². The van der Waals surface area contributed by atoms with Crippen LogP contribution in [0.4, 0.5) is 31.1 Å². The zero-order valence-corrected chi connectivity index (χ0v) is 20.7. The van der Waals surface area contributed by atoms with Crippen LogP contribution in [0.25, 0.3) is 0 Å². The van der Waals surface area contributed by atoms with Crippen LogP contribution in [0.3, 0.4) is 0 Å². The van der Waals surface area contributed by atoms with Gasteiger partial charge in [0.2, 0.25) is 0 Å². The van der Waals surface area contributed by atoms with E-state index in [1.54, 1.807) is 0 Å². The van der Waals surface area contributed by atoms with E-state index in [-0.39, 0.29) is 24.7 Å². The van der Waals surface area contributed by atoms with Gasteiger partial charge in [-0.15, -0.1) is 0 Å². The number of likely N-dealkylation sites (tertiary alicyclic amines) is 2. The van der Waals surface area contributed by atoms with Crippen molar-refractivity contribution < 1.29 is 45.3 Å². The Bertz CT molecular complexity index is 926. The van der Waals surface area contributed by atoms with Gasteiger partial charge in [0.1, 0.15) is 11.9 Å². The molecule has 0 unspecified atom stereocenters. The molecule has 3 saturated heterocycles. The number of piperidine rings is 1. The van der Waals surface area contributed by atoms with Crippen molar-refractivity contribution in [2.75, 3.05) is 32.8 Å². The molecule has 12 heteroatoms. The first-order chi connectivity index (χ1) is 17.4. The Morgan fingerprint density at radius 3 is 2.32 bits per heavy atom. The van der Waals surface area contributed by atoms with Crippen LogP contribution in [0.1, 0.15) is 49.7 Å². The summed E-state index contributed by atoms with van der Waals surface area (Å²) >= 11 is 0. The molecule has 37 heavy (non-hydrogen) atoms. The normalized spacial score (nSPS) is 21.6. The number of ether oxygens (including phenoxy) is 3. The average molecular weight is 539 g/mol. The second-order valence-electron chi connectivity index (χ2n) is 10.1. The molecule has 0 radical (unpaired) electrons. The van der Waals surface area contributed by atoms with Gasteiger partial charge >= 0.3 is 18.4 Å². The molecule has 4 rings (SSSR count). The Labute approximate surface area is 211 Å². The molecule has 3 heterocycles. The summed E-state index contributed by atoms with van der Waals surface area (Å²) in [6.45, 7) is 4.77. The Balaban J connectivity index is 1.40. The fourth-order valence-corrected chi connectivity index (χ4v) is 5.49. The van der Waals surface area contributed by atoms with Crippen molar-refractivity contribution in [3.63, 3.8) is 0 Å². The number of benzene rings is 1. The van der Waals surface area contributed by atoms with Gasteiger partial charge in [-0.25, -0.2) is 4.79 Å². The SMILES string of the molecule is Cc1ccc(CN2CCCC23CCN(C(=O)OC(C(F)(F)F)C(F)(F)F)CC3)c(OC2CCOCC2)c1. The van der Waals surface area contributed by atoms with Crippen LogP contribution in [0.2, 0.25) is 0 Å². The molecule has 208 valence electrons. The summed E-state index contributed by atoms with van der Waals surface area (Å²) < 4.78 is 92.5. The minimum absolute atomic E-state index is 0.0249. The number of aryl methyl sites for hydroxylation is 1.